The lowest BCUT2D eigenvalue weighted by Crippen LogP contribution is -2.50. The third kappa shape index (κ3) is 3.05. The Kier molecular flexibility index (Phi) is 3.93. The van der Waals surface area contributed by atoms with Crippen molar-refractivity contribution in [2.24, 2.45) is 17.8 Å². The van der Waals surface area contributed by atoms with Crippen LogP contribution in [-0.4, -0.2) is 48.4 Å². The Labute approximate surface area is 136 Å². The Balaban J connectivity index is 1.30. The summed E-state index contributed by atoms with van der Waals surface area (Å²) in [5.41, 5.74) is 0.455. The summed E-state index contributed by atoms with van der Waals surface area (Å²) < 4.78 is 13.3. The van der Waals surface area contributed by atoms with Gasteiger partial charge in [-0.1, -0.05) is 18.2 Å². The number of amides is 1. The van der Waals surface area contributed by atoms with Crippen molar-refractivity contribution in [3.8, 4) is 0 Å². The second kappa shape index (κ2) is 6.08. The van der Waals surface area contributed by atoms with E-state index in [9.17, 15) is 9.18 Å². The van der Waals surface area contributed by atoms with Gasteiger partial charge in [0.2, 0.25) is 0 Å². The fraction of sp³-hybridized carbons (Fsp3) is 0.526. The fourth-order valence-electron chi connectivity index (χ4n) is 4.37. The highest BCUT2D eigenvalue weighted by Gasteiger charge is 2.36. The van der Waals surface area contributed by atoms with E-state index in [2.05, 4.69) is 17.1 Å². The molecule has 1 aliphatic heterocycles. The Hall–Kier alpha value is -1.68. The van der Waals surface area contributed by atoms with Crippen LogP contribution in [-0.2, 0) is 0 Å². The van der Waals surface area contributed by atoms with Gasteiger partial charge in [0.25, 0.3) is 5.91 Å². The first-order valence-electron chi connectivity index (χ1n) is 8.64. The molecule has 2 aliphatic carbocycles. The zero-order valence-electron chi connectivity index (χ0n) is 13.3. The summed E-state index contributed by atoms with van der Waals surface area (Å²) in [5.74, 6) is 2.01. The molecule has 23 heavy (non-hydrogen) atoms. The smallest absolute Gasteiger partial charge is 0.254 e. The van der Waals surface area contributed by atoms with Crippen molar-refractivity contribution >= 4 is 5.91 Å². The van der Waals surface area contributed by atoms with E-state index < -0.39 is 0 Å². The molecule has 1 saturated heterocycles. The number of rotatable bonds is 3. The van der Waals surface area contributed by atoms with Gasteiger partial charge in [-0.2, -0.15) is 0 Å². The highest BCUT2D eigenvalue weighted by molar-refractivity contribution is 5.94. The molecule has 3 nitrogen and oxygen atoms in total. The van der Waals surface area contributed by atoms with Gasteiger partial charge in [-0.3, -0.25) is 9.69 Å². The highest BCUT2D eigenvalue weighted by Crippen LogP contribution is 2.43. The lowest BCUT2D eigenvalue weighted by Gasteiger charge is -2.37. The molecule has 2 bridgehead atoms. The van der Waals surface area contributed by atoms with E-state index in [0.717, 1.165) is 50.5 Å². The second-order valence-electron chi connectivity index (χ2n) is 7.14. The number of hydrogen-bond acceptors (Lipinski definition) is 2. The van der Waals surface area contributed by atoms with Crippen LogP contribution in [0.5, 0.6) is 0 Å². The monoisotopic (exact) mass is 314 g/mol. The molecule has 122 valence electrons. The first-order chi connectivity index (χ1) is 11.2. The average molecular weight is 314 g/mol. The lowest BCUT2D eigenvalue weighted by molar-refractivity contribution is 0.0609. The molecule has 3 atom stereocenters. The molecule has 0 aromatic heterocycles. The predicted octanol–water partition coefficient (Wildman–Crippen LogP) is 2.80. The number of fused-ring (bicyclic) bond motifs is 2. The number of halogens is 1. The standard InChI is InChI=1S/C19H23FN2O/c20-18-3-1-2-16(12-18)19(23)22-8-6-21(7-9-22)13-17-11-14-4-5-15(17)10-14/h1-5,12,14-15,17H,6-11,13H2/t14-,15+,17-/m1/s1. The summed E-state index contributed by atoms with van der Waals surface area (Å²) >= 11 is 0. The predicted molar refractivity (Wildman–Crippen MR) is 87.6 cm³/mol. The van der Waals surface area contributed by atoms with E-state index in [1.807, 2.05) is 4.90 Å². The van der Waals surface area contributed by atoms with Gasteiger partial charge in [-0.05, 0) is 48.8 Å². The third-order valence-corrected chi connectivity index (χ3v) is 5.64. The molecule has 1 saturated carbocycles. The molecule has 2 fully saturated rings. The van der Waals surface area contributed by atoms with Gasteiger partial charge in [0, 0.05) is 38.3 Å². The van der Waals surface area contributed by atoms with Crippen LogP contribution >= 0.6 is 0 Å². The molecule has 0 radical (unpaired) electrons. The third-order valence-electron chi connectivity index (χ3n) is 5.64. The largest absolute Gasteiger partial charge is 0.336 e. The van der Waals surface area contributed by atoms with Crippen LogP contribution in [0.15, 0.2) is 36.4 Å². The fourth-order valence-corrected chi connectivity index (χ4v) is 4.37. The van der Waals surface area contributed by atoms with Gasteiger partial charge in [0.15, 0.2) is 0 Å². The first kappa shape index (κ1) is 14.9. The van der Waals surface area contributed by atoms with Crippen LogP contribution in [0.3, 0.4) is 0 Å². The minimum absolute atomic E-state index is 0.0491. The molecule has 4 rings (SSSR count). The summed E-state index contributed by atoms with van der Waals surface area (Å²) in [7, 11) is 0. The van der Waals surface area contributed by atoms with Crippen LogP contribution in [0.2, 0.25) is 0 Å². The van der Waals surface area contributed by atoms with Crippen LogP contribution in [0.25, 0.3) is 0 Å². The summed E-state index contributed by atoms with van der Waals surface area (Å²) in [6, 6.07) is 6.00. The van der Waals surface area contributed by atoms with E-state index in [1.54, 1.807) is 12.1 Å². The molecule has 0 unspecified atom stereocenters. The normalized spacial score (nSPS) is 30.1. The van der Waals surface area contributed by atoms with E-state index in [-0.39, 0.29) is 11.7 Å². The van der Waals surface area contributed by atoms with Gasteiger partial charge in [-0.25, -0.2) is 4.39 Å². The molecular weight excluding hydrogens is 291 g/mol. The van der Waals surface area contributed by atoms with Gasteiger partial charge in [-0.15, -0.1) is 0 Å². The SMILES string of the molecule is O=C(c1cccc(F)c1)N1CCN(C[C@H]2C[C@@H]3C=C[C@H]2C3)CC1. The van der Waals surface area contributed by atoms with E-state index in [0.29, 0.717) is 5.56 Å². The maximum absolute atomic E-state index is 13.3. The molecule has 0 N–H and O–H groups in total. The quantitative estimate of drug-likeness (QED) is 0.801. The second-order valence-corrected chi connectivity index (χ2v) is 7.14. The summed E-state index contributed by atoms with van der Waals surface area (Å²) in [4.78, 5) is 16.8. The van der Waals surface area contributed by atoms with E-state index in [4.69, 9.17) is 0 Å². The minimum Gasteiger partial charge on any atom is -0.336 e. The lowest BCUT2D eigenvalue weighted by atomic mass is 9.93. The molecule has 3 aliphatic rings. The van der Waals surface area contributed by atoms with E-state index in [1.165, 1.54) is 25.0 Å². The van der Waals surface area contributed by atoms with Gasteiger partial charge >= 0.3 is 0 Å². The van der Waals surface area contributed by atoms with Crippen LogP contribution < -0.4 is 0 Å². The minimum atomic E-state index is -0.348. The topological polar surface area (TPSA) is 23.6 Å². The number of allylic oxidation sites excluding steroid dienone is 2. The van der Waals surface area contributed by atoms with Crippen molar-refractivity contribution in [3.63, 3.8) is 0 Å². The number of nitrogens with zero attached hydrogens (tertiary/aromatic N) is 2. The zero-order chi connectivity index (χ0) is 15.8. The van der Waals surface area contributed by atoms with Crippen LogP contribution in [0.4, 0.5) is 4.39 Å². The molecule has 1 heterocycles. The molecular formula is C19H23FN2O. The van der Waals surface area contributed by atoms with Crippen molar-refractivity contribution in [2.75, 3.05) is 32.7 Å². The van der Waals surface area contributed by atoms with E-state index >= 15 is 0 Å². The van der Waals surface area contributed by atoms with Gasteiger partial charge in [0.1, 0.15) is 5.82 Å². The summed E-state index contributed by atoms with van der Waals surface area (Å²) in [5, 5.41) is 0. The Bertz CT molecular complexity index is 622. The Morgan fingerprint density at radius 3 is 2.61 bits per heavy atom. The molecule has 0 spiro atoms. The molecule has 1 amide bonds. The van der Waals surface area contributed by atoms with Crippen LogP contribution in [0.1, 0.15) is 23.2 Å². The molecule has 1 aromatic rings. The number of benzene rings is 1. The maximum atomic E-state index is 13.3. The van der Waals surface area contributed by atoms with Crippen molar-refractivity contribution in [1.29, 1.82) is 0 Å². The van der Waals surface area contributed by atoms with Crippen LogP contribution in [0, 0.1) is 23.6 Å². The van der Waals surface area contributed by atoms with Gasteiger partial charge < -0.3 is 4.90 Å². The number of carbonyl (C=O) groups is 1. The molecule has 4 heteroatoms. The summed E-state index contributed by atoms with van der Waals surface area (Å²) in [6.45, 7) is 4.50. The summed E-state index contributed by atoms with van der Waals surface area (Å²) in [6.07, 6.45) is 7.48. The van der Waals surface area contributed by atoms with Crippen molar-refractivity contribution < 1.29 is 9.18 Å². The average Bonchev–Trinajstić information content (AvgIpc) is 3.18. The number of piperazine rings is 1. The Morgan fingerprint density at radius 1 is 1.13 bits per heavy atom. The maximum Gasteiger partial charge on any atom is 0.254 e. The Morgan fingerprint density at radius 2 is 1.96 bits per heavy atom. The van der Waals surface area contributed by atoms with Gasteiger partial charge in [0.05, 0.1) is 0 Å². The molecule has 1 aromatic carbocycles. The number of carbonyl (C=O) groups excluding carboxylic acids is 1. The number of hydrogen-bond donors (Lipinski definition) is 0. The highest BCUT2D eigenvalue weighted by atomic mass is 19.1. The van der Waals surface area contributed by atoms with Crippen molar-refractivity contribution in [2.45, 2.75) is 12.8 Å². The van der Waals surface area contributed by atoms with Crippen molar-refractivity contribution in [1.82, 2.24) is 9.80 Å². The van der Waals surface area contributed by atoms with Crippen molar-refractivity contribution in [3.05, 3.63) is 47.8 Å². The first-order valence-corrected chi connectivity index (χ1v) is 8.64. The zero-order valence-corrected chi connectivity index (χ0v) is 13.3.